The Bertz CT molecular complexity index is 560. The number of aromatic nitrogens is 2. The van der Waals surface area contributed by atoms with Crippen LogP contribution in [0.4, 0.5) is 0 Å². The highest BCUT2D eigenvalue weighted by atomic mass is 32.1. The summed E-state index contributed by atoms with van der Waals surface area (Å²) in [5.41, 5.74) is 4.02. The van der Waals surface area contributed by atoms with Crippen LogP contribution in [0.5, 0.6) is 0 Å². The van der Waals surface area contributed by atoms with E-state index in [0.717, 1.165) is 12.2 Å². The van der Waals surface area contributed by atoms with Gasteiger partial charge in [-0.15, -0.1) is 11.3 Å². The second-order valence-corrected chi connectivity index (χ2v) is 6.24. The van der Waals surface area contributed by atoms with Gasteiger partial charge in [-0.3, -0.25) is 0 Å². The van der Waals surface area contributed by atoms with E-state index in [4.69, 9.17) is 4.98 Å². The van der Waals surface area contributed by atoms with Crippen LogP contribution >= 0.6 is 11.3 Å². The highest BCUT2D eigenvalue weighted by molar-refractivity contribution is 7.15. The number of nitrogens with zero attached hydrogens (tertiary/aromatic N) is 1. The third kappa shape index (κ3) is 1.09. The van der Waals surface area contributed by atoms with Crippen molar-refractivity contribution in [3.8, 4) is 10.6 Å². The molecule has 0 amide bonds. The zero-order valence-corrected chi connectivity index (χ0v) is 11.0. The predicted octanol–water partition coefficient (Wildman–Crippen LogP) is 3.65. The molecule has 0 unspecified atom stereocenters. The van der Waals surface area contributed by atoms with Gasteiger partial charge in [0.15, 0.2) is 0 Å². The summed E-state index contributed by atoms with van der Waals surface area (Å²) in [5, 5.41) is 0. The first-order valence-electron chi connectivity index (χ1n) is 5.74. The van der Waals surface area contributed by atoms with Crippen molar-refractivity contribution in [2.75, 3.05) is 0 Å². The third-order valence-corrected chi connectivity index (χ3v) is 4.51. The van der Waals surface area contributed by atoms with Gasteiger partial charge in [0.2, 0.25) is 0 Å². The lowest BCUT2D eigenvalue weighted by Crippen LogP contribution is -2.15. The van der Waals surface area contributed by atoms with Crippen LogP contribution in [-0.4, -0.2) is 9.97 Å². The van der Waals surface area contributed by atoms with Gasteiger partial charge in [-0.2, -0.15) is 0 Å². The minimum Gasteiger partial charge on any atom is -0.345 e. The van der Waals surface area contributed by atoms with Crippen molar-refractivity contribution >= 4 is 11.3 Å². The lowest BCUT2D eigenvalue weighted by molar-refractivity contribution is 0.638. The molecule has 0 radical (unpaired) electrons. The van der Waals surface area contributed by atoms with Gasteiger partial charge in [0.25, 0.3) is 0 Å². The average Bonchev–Trinajstić information content (AvgIpc) is 2.83. The van der Waals surface area contributed by atoms with E-state index in [1.165, 1.54) is 26.7 Å². The molecule has 16 heavy (non-hydrogen) atoms. The summed E-state index contributed by atoms with van der Waals surface area (Å²) in [6.07, 6.45) is 0.975. The lowest BCUT2D eigenvalue weighted by atomic mass is 9.87. The molecule has 1 aliphatic rings. The first-order valence-corrected chi connectivity index (χ1v) is 6.56. The Morgan fingerprint density at radius 1 is 1.44 bits per heavy atom. The summed E-state index contributed by atoms with van der Waals surface area (Å²) in [4.78, 5) is 10.9. The molecule has 2 aromatic rings. The monoisotopic (exact) mass is 232 g/mol. The number of rotatable bonds is 1. The summed E-state index contributed by atoms with van der Waals surface area (Å²) in [7, 11) is 0. The number of aryl methyl sites for hydroxylation is 2. The summed E-state index contributed by atoms with van der Waals surface area (Å²) in [5.74, 6) is 1.11. The topological polar surface area (TPSA) is 28.7 Å². The molecular formula is C13H16N2S. The molecule has 0 saturated heterocycles. The zero-order chi connectivity index (χ0) is 11.5. The maximum absolute atomic E-state index is 4.71. The van der Waals surface area contributed by atoms with Gasteiger partial charge < -0.3 is 4.98 Å². The zero-order valence-electron chi connectivity index (χ0n) is 10.1. The smallest absolute Gasteiger partial charge is 0.106 e. The minimum absolute atomic E-state index is 0.0931. The maximum atomic E-state index is 4.71. The molecule has 1 aliphatic carbocycles. The third-order valence-electron chi connectivity index (χ3n) is 3.46. The Hall–Kier alpha value is -1.09. The molecule has 0 aromatic carbocycles. The summed E-state index contributed by atoms with van der Waals surface area (Å²) >= 11 is 1.86. The van der Waals surface area contributed by atoms with Gasteiger partial charge in [-0.25, -0.2) is 4.98 Å². The van der Waals surface area contributed by atoms with E-state index in [1.54, 1.807) is 0 Å². The molecule has 0 saturated carbocycles. The van der Waals surface area contributed by atoms with Crippen molar-refractivity contribution in [1.82, 2.24) is 9.97 Å². The van der Waals surface area contributed by atoms with Crippen molar-refractivity contribution in [3.63, 3.8) is 0 Å². The van der Waals surface area contributed by atoms with Crippen LogP contribution in [0.2, 0.25) is 0 Å². The molecule has 84 valence electrons. The molecule has 1 N–H and O–H groups in total. The number of fused-ring (bicyclic) bond motifs is 3. The molecule has 3 heteroatoms. The average molecular weight is 232 g/mol. The van der Waals surface area contributed by atoms with E-state index in [0.29, 0.717) is 0 Å². The highest BCUT2D eigenvalue weighted by Gasteiger charge is 2.39. The number of imidazole rings is 1. The van der Waals surface area contributed by atoms with Gasteiger partial charge in [0.05, 0.1) is 10.6 Å². The maximum Gasteiger partial charge on any atom is 0.106 e. The fraction of sp³-hybridized carbons (Fsp3) is 0.462. The van der Waals surface area contributed by atoms with Gasteiger partial charge >= 0.3 is 0 Å². The van der Waals surface area contributed by atoms with Crippen LogP contribution in [0.25, 0.3) is 10.6 Å². The number of hydrogen-bond donors (Lipinski definition) is 1. The molecule has 0 bridgehead atoms. The normalized spacial score (nSPS) is 16.2. The van der Waals surface area contributed by atoms with Gasteiger partial charge in [-0.05, 0) is 18.6 Å². The predicted molar refractivity (Wildman–Crippen MR) is 68.1 cm³/mol. The Morgan fingerprint density at radius 2 is 2.19 bits per heavy atom. The summed E-state index contributed by atoms with van der Waals surface area (Å²) < 4.78 is 0. The fourth-order valence-electron chi connectivity index (χ4n) is 2.50. The molecule has 0 atom stereocenters. The number of nitrogens with one attached hydrogen (secondary N) is 1. The minimum atomic E-state index is 0.0931. The first kappa shape index (κ1) is 10.1. The quantitative estimate of drug-likeness (QED) is 0.799. The number of H-pyrrole nitrogens is 1. The van der Waals surface area contributed by atoms with Gasteiger partial charge in [0, 0.05) is 16.7 Å². The van der Waals surface area contributed by atoms with Crippen LogP contribution < -0.4 is 0 Å². The van der Waals surface area contributed by atoms with Crippen LogP contribution in [-0.2, 0) is 11.8 Å². The molecule has 0 spiro atoms. The Labute approximate surface area is 99.7 Å². The van der Waals surface area contributed by atoms with Crippen LogP contribution in [0, 0.1) is 6.92 Å². The number of thiophene rings is 1. The number of hydrogen-bond acceptors (Lipinski definition) is 2. The Balaban J connectivity index is 2.30. The van der Waals surface area contributed by atoms with E-state index in [1.807, 2.05) is 11.3 Å². The fourth-order valence-corrected chi connectivity index (χ4v) is 3.66. The van der Waals surface area contributed by atoms with Gasteiger partial charge in [-0.1, -0.05) is 20.8 Å². The van der Waals surface area contributed by atoms with E-state index >= 15 is 0 Å². The highest BCUT2D eigenvalue weighted by Crippen LogP contribution is 2.50. The largest absolute Gasteiger partial charge is 0.345 e. The second-order valence-electron chi connectivity index (χ2n) is 4.99. The molecule has 2 heterocycles. The summed E-state index contributed by atoms with van der Waals surface area (Å²) in [6, 6.07) is 2.31. The molecule has 0 aliphatic heterocycles. The van der Waals surface area contributed by atoms with E-state index < -0.39 is 0 Å². The summed E-state index contributed by atoms with van der Waals surface area (Å²) in [6.45, 7) is 8.87. The molecule has 2 aromatic heterocycles. The van der Waals surface area contributed by atoms with E-state index in [2.05, 4.69) is 38.7 Å². The molecule has 0 fully saturated rings. The van der Waals surface area contributed by atoms with Crippen LogP contribution in [0.3, 0.4) is 0 Å². The van der Waals surface area contributed by atoms with Crippen molar-refractivity contribution < 1.29 is 0 Å². The van der Waals surface area contributed by atoms with Gasteiger partial charge in [0.1, 0.15) is 11.5 Å². The number of aromatic amines is 1. The van der Waals surface area contributed by atoms with E-state index in [9.17, 15) is 0 Å². The van der Waals surface area contributed by atoms with Crippen molar-refractivity contribution in [2.24, 2.45) is 0 Å². The van der Waals surface area contributed by atoms with Crippen molar-refractivity contribution in [2.45, 2.75) is 39.5 Å². The Kier molecular flexibility index (Phi) is 1.88. The SMILES string of the molecule is CCc1nc2c([nH]1)C(C)(C)c1cc(C)sc1-2. The molecule has 2 nitrogen and oxygen atoms in total. The first-order chi connectivity index (χ1) is 7.54. The van der Waals surface area contributed by atoms with Crippen LogP contribution in [0.15, 0.2) is 6.07 Å². The lowest BCUT2D eigenvalue weighted by Gasteiger charge is -2.18. The van der Waals surface area contributed by atoms with Crippen molar-refractivity contribution in [3.05, 3.63) is 28.0 Å². The molecular weight excluding hydrogens is 216 g/mol. The van der Waals surface area contributed by atoms with Crippen molar-refractivity contribution in [1.29, 1.82) is 0 Å². The Morgan fingerprint density at radius 3 is 2.88 bits per heavy atom. The second kappa shape index (κ2) is 2.98. The standard InChI is InChI=1S/C13H16N2S/c1-5-9-14-10-11-8(6-7(2)16-11)13(3,4)12(10)15-9/h6H,5H2,1-4H3,(H,14,15). The van der Waals surface area contributed by atoms with E-state index in [-0.39, 0.29) is 5.41 Å². The van der Waals surface area contributed by atoms with Crippen LogP contribution in [0.1, 0.15) is 42.7 Å². The molecule has 3 rings (SSSR count).